The van der Waals surface area contributed by atoms with E-state index in [0.717, 1.165) is 5.39 Å². The van der Waals surface area contributed by atoms with E-state index in [4.69, 9.17) is 0 Å². The number of fused-ring (bicyclic) bond motifs is 1. The average Bonchev–Trinajstić information content (AvgIpc) is 2.40. The van der Waals surface area contributed by atoms with Crippen LogP contribution >= 0.6 is 0 Å². The van der Waals surface area contributed by atoms with E-state index in [2.05, 4.69) is 26.1 Å². The van der Waals surface area contributed by atoms with Gasteiger partial charge in [0.15, 0.2) is 0 Å². The van der Waals surface area contributed by atoms with Crippen molar-refractivity contribution in [3.05, 3.63) is 46.4 Å². The number of nitrogens with one attached hydrogen (secondary N) is 1. The van der Waals surface area contributed by atoms with Crippen LogP contribution in [-0.2, 0) is 16.8 Å². The fourth-order valence-corrected chi connectivity index (χ4v) is 2.11. The molecule has 0 unspecified atom stereocenters. The number of nitrogens with zero attached hydrogens (tertiary/aromatic N) is 1. The Morgan fingerprint density at radius 1 is 1.25 bits per heavy atom. The molecule has 106 valence electrons. The minimum atomic E-state index is -0.183. The van der Waals surface area contributed by atoms with Crippen LogP contribution in [0.4, 0.5) is 0 Å². The molecule has 0 radical (unpaired) electrons. The van der Waals surface area contributed by atoms with Crippen LogP contribution in [0, 0.1) is 0 Å². The summed E-state index contributed by atoms with van der Waals surface area (Å²) < 4.78 is 1.43. The summed E-state index contributed by atoms with van der Waals surface area (Å²) >= 11 is 0. The number of likely N-dealkylation sites (N-methyl/N-ethyl adjacent to an activating group) is 1. The van der Waals surface area contributed by atoms with Gasteiger partial charge in [-0.2, -0.15) is 0 Å². The number of hydrogen-bond acceptors (Lipinski definition) is 2. The fourth-order valence-electron chi connectivity index (χ4n) is 2.11. The number of carbonyl (C=O) groups is 1. The second-order valence-corrected chi connectivity index (χ2v) is 5.97. The smallest absolute Gasteiger partial charge is 0.258 e. The molecule has 0 aliphatic carbocycles. The van der Waals surface area contributed by atoms with Gasteiger partial charge in [-0.05, 0) is 28.5 Å². The first-order valence-corrected chi connectivity index (χ1v) is 6.67. The number of hydrogen-bond donors (Lipinski definition) is 1. The summed E-state index contributed by atoms with van der Waals surface area (Å²) in [7, 11) is 1.56. The lowest BCUT2D eigenvalue weighted by atomic mass is 9.86. The first-order valence-electron chi connectivity index (χ1n) is 6.67. The lowest BCUT2D eigenvalue weighted by molar-refractivity contribution is -0.121. The summed E-state index contributed by atoms with van der Waals surface area (Å²) in [6.07, 6.45) is 1.67. The van der Waals surface area contributed by atoms with E-state index in [0.29, 0.717) is 5.39 Å². The van der Waals surface area contributed by atoms with Crippen LogP contribution in [0.1, 0.15) is 26.3 Å². The molecule has 0 saturated carbocycles. The van der Waals surface area contributed by atoms with Gasteiger partial charge in [0.2, 0.25) is 5.91 Å². The zero-order valence-electron chi connectivity index (χ0n) is 12.4. The number of aromatic nitrogens is 1. The molecule has 0 saturated heterocycles. The molecule has 20 heavy (non-hydrogen) atoms. The van der Waals surface area contributed by atoms with E-state index in [1.165, 1.54) is 10.1 Å². The minimum absolute atomic E-state index is 0.0468. The number of benzene rings is 1. The predicted molar refractivity (Wildman–Crippen MR) is 81.0 cm³/mol. The van der Waals surface area contributed by atoms with E-state index in [9.17, 15) is 9.59 Å². The molecule has 2 rings (SSSR count). The van der Waals surface area contributed by atoms with Gasteiger partial charge in [-0.3, -0.25) is 9.59 Å². The van der Waals surface area contributed by atoms with E-state index in [1.54, 1.807) is 13.2 Å². The summed E-state index contributed by atoms with van der Waals surface area (Å²) in [5.74, 6) is -0.183. The maximum atomic E-state index is 12.3. The van der Waals surface area contributed by atoms with Crippen molar-refractivity contribution in [1.29, 1.82) is 0 Å². The van der Waals surface area contributed by atoms with Crippen molar-refractivity contribution in [3.8, 4) is 0 Å². The van der Waals surface area contributed by atoms with Crippen molar-refractivity contribution < 1.29 is 4.79 Å². The predicted octanol–water partition coefficient (Wildman–Crippen LogP) is 2.04. The third-order valence-corrected chi connectivity index (χ3v) is 3.44. The van der Waals surface area contributed by atoms with Crippen molar-refractivity contribution in [2.75, 3.05) is 7.05 Å². The number of carbonyl (C=O) groups excluding carboxylic acids is 1. The maximum absolute atomic E-state index is 12.3. The lowest BCUT2D eigenvalue weighted by Crippen LogP contribution is -2.29. The Labute approximate surface area is 118 Å². The van der Waals surface area contributed by atoms with Gasteiger partial charge in [0.05, 0.1) is 0 Å². The van der Waals surface area contributed by atoms with Crippen LogP contribution in [0.2, 0.25) is 0 Å². The number of pyridine rings is 1. The van der Waals surface area contributed by atoms with Crippen molar-refractivity contribution in [3.63, 3.8) is 0 Å². The Morgan fingerprint density at radius 3 is 2.55 bits per heavy atom. The normalized spacial score (nSPS) is 11.6. The molecule has 1 aromatic carbocycles. The second kappa shape index (κ2) is 5.12. The Bertz CT molecular complexity index is 708. The van der Waals surface area contributed by atoms with E-state index in [1.807, 2.05) is 24.3 Å². The highest BCUT2D eigenvalue weighted by Gasteiger charge is 2.14. The van der Waals surface area contributed by atoms with Crippen molar-refractivity contribution in [2.24, 2.45) is 0 Å². The van der Waals surface area contributed by atoms with Crippen LogP contribution in [0.15, 0.2) is 35.3 Å². The summed E-state index contributed by atoms with van der Waals surface area (Å²) in [6, 6.07) is 7.75. The Hall–Kier alpha value is -2.10. The number of amides is 1. The molecule has 4 heteroatoms. The van der Waals surface area contributed by atoms with Gasteiger partial charge in [0, 0.05) is 18.6 Å². The molecule has 1 heterocycles. The molecule has 0 spiro atoms. The Morgan fingerprint density at radius 2 is 1.95 bits per heavy atom. The Kier molecular flexibility index (Phi) is 3.66. The van der Waals surface area contributed by atoms with Crippen molar-refractivity contribution >= 4 is 16.7 Å². The van der Waals surface area contributed by atoms with E-state index < -0.39 is 0 Å². The monoisotopic (exact) mass is 272 g/mol. The topological polar surface area (TPSA) is 51.1 Å². The standard InChI is InChI=1S/C16H20N2O2/c1-16(2,3)12-5-6-13-11(9-12)7-8-18(15(13)20)10-14(19)17-4/h5-9H,10H2,1-4H3,(H,17,19). The molecule has 0 atom stereocenters. The molecule has 4 nitrogen and oxygen atoms in total. The van der Waals surface area contributed by atoms with Crippen LogP contribution in [0.5, 0.6) is 0 Å². The van der Waals surface area contributed by atoms with Gasteiger partial charge >= 0.3 is 0 Å². The SMILES string of the molecule is CNC(=O)Cn1ccc2cc(C(C)(C)C)ccc2c1=O. The van der Waals surface area contributed by atoms with Crippen LogP contribution in [0.3, 0.4) is 0 Å². The van der Waals surface area contributed by atoms with Crippen LogP contribution in [0.25, 0.3) is 10.8 Å². The highest BCUT2D eigenvalue weighted by molar-refractivity contribution is 5.83. The largest absolute Gasteiger partial charge is 0.358 e. The van der Waals surface area contributed by atoms with Crippen molar-refractivity contribution in [2.45, 2.75) is 32.7 Å². The third kappa shape index (κ3) is 2.74. The number of rotatable bonds is 2. The van der Waals surface area contributed by atoms with Gasteiger partial charge < -0.3 is 9.88 Å². The van der Waals surface area contributed by atoms with Crippen molar-refractivity contribution in [1.82, 2.24) is 9.88 Å². The van der Waals surface area contributed by atoms with Gasteiger partial charge in [0.25, 0.3) is 5.56 Å². The molecular formula is C16H20N2O2. The highest BCUT2D eigenvalue weighted by atomic mass is 16.2. The zero-order valence-corrected chi connectivity index (χ0v) is 12.4. The van der Waals surface area contributed by atoms with E-state index >= 15 is 0 Å². The second-order valence-electron chi connectivity index (χ2n) is 5.97. The summed E-state index contributed by atoms with van der Waals surface area (Å²) in [4.78, 5) is 23.7. The fraction of sp³-hybridized carbons (Fsp3) is 0.375. The molecule has 1 amide bonds. The molecule has 1 N–H and O–H groups in total. The molecular weight excluding hydrogens is 252 g/mol. The molecule has 1 aromatic heterocycles. The quantitative estimate of drug-likeness (QED) is 0.909. The van der Waals surface area contributed by atoms with Crippen LogP contribution in [-0.4, -0.2) is 17.5 Å². The molecule has 2 aromatic rings. The zero-order chi connectivity index (χ0) is 14.9. The summed E-state index contributed by atoms with van der Waals surface area (Å²) in [5.41, 5.74) is 1.10. The third-order valence-electron chi connectivity index (χ3n) is 3.44. The van der Waals surface area contributed by atoms with Gasteiger partial charge in [-0.15, -0.1) is 0 Å². The van der Waals surface area contributed by atoms with Crippen LogP contribution < -0.4 is 10.9 Å². The first kappa shape index (κ1) is 14.3. The lowest BCUT2D eigenvalue weighted by Gasteiger charge is -2.19. The van der Waals surface area contributed by atoms with Gasteiger partial charge in [-0.1, -0.05) is 32.9 Å². The highest BCUT2D eigenvalue weighted by Crippen LogP contribution is 2.24. The molecule has 0 aliphatic heterocycles. The first-order chi connectivity index (χ1) is 9.32. The maximum Gasteiger partial charge on any atom is 0.258 e. The Balaban J connectivity index is 2.53. The summed E-state index contributed by atoms with van der Waals surface area (Å²) in [6.45, 7) is 6.47. The van der Waals surface area contributed by atoms with Gasteiger partial charge in [0.1, 0.15) is 6.54 Å². The minimum Gasteiger partial charge on any atom is -0.358 e. The molecule has 0 aliphatic rings. The molecule has 0 fully saturated rings. The van der Waals surface area contributed by atoms with E-state index in [-0.39, 0.29) is 23.4 Å². The van der Waals surface area contributed by atoms with Gasteiger partial charge in [-0.25, -0.2) is 0 Å². The summed E-state index contributed by atoms with van der Waals surface area (Å²) in [5, 5.41) is 4.07. The molecule has 0 bridgehead atoms. The average molecular weight is 272 g/mol.